The van der Waals surface area contributed by atoms with Gasteiger partial charge in [-0.05, 0) is 30.0 Å². The number of hydrogen-bond acceptors (Lipinski definition) is 5. The number of fused-ring (bicyclic) bond motifs is 1. The van der Waals surface area contributed by atoms with Crippen molar-refractivity contribution in [2.24, 2.45) is 0 Å². The van der Waals surface area contributed by atoms with Gasteiger partial charge in [-0.3, -0.25) is 14.9 Å². The molecular weight excluding hydrogens is 344 g/mol. The van der Waals surface area contributed by atoms with Crippen molar-refractivity contribution in [1.29, 1.82) is 0 Å². The second kappa shape index (κ2) is 7.26. The topological polar surface area (TPSA) is 87.5 Å². The van der Waals surface area contributed by atoms with Crippen molar-refractivity contribution in [2.75, 3.05) is 23.7 Å². The van der Waals surface area contributed by atoms with E-state index in [4.69, 9.17) is 0 Å². The number of nitro groups is 1. The summed E-state index contributed by atoms with van der Waals surface area (Å²) in [7, 11) is 0. The Kier molecular flexibility index (Phi) is 4.66. The van der Waals surface area contributed by atoms with Crippen molar-refractivity contribution in [3.63, 3.8) is 0 Å². The highest BCUT2D eigenvalue weighted by Gasteiger charge is 2.23. The second-order valence-electron chi connectivity index (χ2n) is 7.01. The highest BCUT2D eigenvalue weighted by Crippen LogP contribution is 2.37. The zero-order valence-electron chi connectivity index (χ0n) is 15.0. The average Bonchev–Trinajstić information content (AvgIpc) is 3.29. The highest BCUT2D eigenvalue weighted by molar-refractivity contribution is 5.78. The third-order valence-corrected chi connectivity index (χ3v) is 5.18. The van der Waals surface area contributed by atoms with Crippen molar-refractivity contribution in [1.82, 2.24) is 4.90 Å². The maximum Gasteiger partial charge on any atom is 0.292 e. The summed E-state index contributed by atoms with van der Waals surface area (Å²) in [6.45, 7) is 2.73. The fourth-order valence-corrected chi connectivity index (χ4v) is 3.85. The van der Waals surface area contributed by atoms with Crippen LogP contribution in [0.4, 0.5) is 17.1 Å². The smallest absolute Gasteiger partial charge is 0.292 e. The van der Waals surface area contributed by atoms with Gasteiger partial charge in [0.1, 0.15) is 5.69 Å². The Hall–Kier alpha value is -3.09. The van der Waals surface area contributed by atoms with Crippen LogP contribution in [0.3, 0.4) is 0 Å². The molecule has 0 aliphatic carbocycles. The molecule has 7 nitrogen and oxygen atoms in total. The van der Waals surface area contributed by atoms with E-state index in [1.54, 1.807) is 12.1 Å². The number of nitro benzene ring substituents is 1. The minimum atomic E-state index is -0.337. The van der Waals surface area contributed by atoms with Gasteiger partial charge < -0.3 is 15.5 Å². The summed E-state index contributed by atoms with van der Waals surface area (Å²) in [5, 5.41) is 18.0. The van der Waals surface area contributed by atoms with Crippen LogP contribution in [0.15, 0.2) is 36.4 Å². The molecule has 1 saturated heterocycles. The van der Waals surface area contributed by atoms with Gasteiger partial charge in [-0.1, -0.05) is 24.3 Å². The first kappa shape index (κ1) is 17.3. The summed E-state index contributed by atoms with van der Waals surface area (Å²) in [4.78, 5) is 24.8. The summed E-state index contributed by atoms with van der Waals surface area (Å²) < 4.78 is 0. The maximum atomic E-state index is 11.8. The molecule has 7 heteroatoms. The SMILES string of the molecule is O=C1CCCN1Cc1cccc(CNc2c([N+](=O)[O-])ccc3c2CCN3)c1. The number of hydrogen-bond donors (Lipinski definition) is 2. The first-order chi connectivity index (χ1) is 13.1. The van der Waals surface area contributed by atoms with Crippen LogP contribution >= 0.6 is 0 Å². The summed E-state index contributed by atoms with van der Waals surface area (Å²) >= 11 is 0. The lowest BCUT2D eigenvalue weighted by Gasteiger charge is -2.16. The molecule has 2 N–H and O–H groups in total. The van der Waals surface area contributed by atoms with Crippen molar-refractivity contribution >= 4 is 23.0 Å². The molecule has 2 heterocycles. The Balaban J connectivity index is 1.51. The lowest BCUT2D eigenvalue weighted by Crippen LogP contribution is -2.23. The van der Waals surface area contributed by atoms with Gasteiger partial charge in [-0.25, -0.2) is 0 Å². The Bertz CT molecular complexity index is 897. The molecule has 2 aromatic rings. The van der Waals surface area contributed by atoms with E-state index in [2.05, 4.69) is 16.7 Å². The molecule has 0 aromatic heterocycles. The van der Waals surface area contributed by atoms with Gasteiger partial charge >= 0.3 is 0 Å². The fourth-order valence-electron chi connectivity index (χ4n) is 3.85. The van der Waals surface area contributed by atoms with Crippen molar-refractivity contribution in [3.05, 3.63) is 63.2 Å². The molecular formula is C20H22N4O3. The second-order valence-corrected chi connectivity index (χ2v) is 7.01. The Morgan fingerprint density at radius 3 is 2.81 bits per heavy atom. The van der Waals surface area contributed by atoms with Gasteiger partial charge in [0.15, 0.2) is 0 Å². The van der Waals surface area contributed by atoms with Crippen LogP contribution in [0, 0.1) is 10.1 Å². The predicted octanol–water partition coefficient (Wildman–Crippen LogP) is 3.30. The van der Waals surface area contributed by atoms with E-state index in [0.717, 1.165) is 48.3 Å². The number of carbonyl (C=O) groups is 1. The molecule has 0 atom stereocenters. The Labute approximate surface area is 157 Å². The molecule has 4 rings (SSSR count). The van der Waals surface area contributed by atoms with Crippen molar-refractivity contribution in [2.45, 2.75) is 32.4 Å². The molecule has 0 saturated carbocycles. The summed E-state index contributed by atoms with van der Waals surface area (Å²) in [6.07, 6.45) is 2.34. The van der Waals surface area contributed by atoms with Crippen LogP contribution in [0.25, 0.3) is 0 Å². The third kappa shape index (κ3) is 3.58. The number of nitrogens with one attached hydrogen (secondary N) is 2. The number of anilines is 2. The molecule has 1 fully saturated rings. The zero-order chi connectivity index (χ0) is 18.8. The number of rotatable bonds is 6. The van der Waals surface area contributed by atoms with E-state index < -0.39 is 0 Å². The van der Waals surface area contributed by atoms with E-state index in [-0.39, 0.29) is 16.5 Å². The first-order valence-corrected chi connectivity index (χ1v) is 9.25. The van der Waals surface area contributed by atoms with Crippen molar-refractivity contribution in [3.8, 4) is 0 Å². The Morgan fingerprint density at radius 2 is 2.04 bits per heavy atom. The minimum Gasteiger partial charge on any atom is -0.384 e. The van der Waals surface area contributed by atoms with Gasteiger partial charge in [0, 0.05) is 49.9 Å². The van der Waals surface area contributed by atoms with E-state index in [1.165, 1.54) is 0 Å². The standard InChI is InChI=1S/C20H22N4O3/c25-19-5-2-10-23(19)13-15-4-1-3-14(11-15)12-22-20-16-8-9-21-17(16)6-7-18(20)24(26)27/h1,3-4,6-7,11,21-22H,2,5,8-10,12-13H2. The van der Waals surface area contributed by atoms with Crippen LogP contribution in [-0.2, 0) is 24.3 Å². The van der Waals surface area contributed by atoms with Crippen LogP contribution in [-0.4, -0.2) is 28.8 Å². The zero-order valence-corrected chi connectivity index (χ0v) is 15.0. The van der Waals surface area contributed by atoms with Gasteiger partial charge in [-0.15, -0.1) is 0 Å². The molecule has 2 aliphatic heterocycles. The molecule has 2 aromatic carbocycles. The lowest BCUT2D eigenvalue weighted by atomic mass is 10.1. The molecule has 0 spiro atoms. The van der Waals surface area contributed by atoms with Crippen LogP contribution in [0.1, 0.15) is 29.5 Å². The molecule has 0 radical (unpaired) electrons. The molecule has 0 unspecified atom stereocenters. The maximum absolute atomic E-state index is 11.8. The molecule has 27 heavy (non-hydrogen) atoms. The number of likely N-dealkylation sites (tertiary alicyclic amines) is 1. The first-order valence-electron chi connectivity index (χ1n) is 9.25. The average molecular weight is 366 g/mol. The van der Waals surface area contributed by atoms with Crippen molar-refractivity contribution < 1.29 is 9.72 Å². The number of benzene rings is 2. The Morgan fingerprint density at radius 1 is 1.19 bits per heavy atom. The summed E-state index contributed by atoms with van der Waals surface area (Å²) in [6, 6.07) is 11.4. The molecule has 0 bridgehead atoms. The van der Waals surface area contributed by atoms with Gasteiger partial charge in [-0.2, -0.15) is 0 Å². The lowest BCUT2D eigenvalue weighted by molar-refractivity contribution is -0.384. The molecule has 2 aliphatic rings. The minimum absolute atomic E-state index is 0.108. The van der Waals surface area contributed by atoms with Crippen LogP contribution < -0.4 is 10.6 Å². The number of carbonyl (C=O) groups excluding carboxylic acids is 1. The van der Waals surface area contributed by atoms with E-state index >= 15 is 0 Å². The number of nitrogens with zero attached hydrogens (tertiary/aromatic N) is 2. The number of amides is 1. The molecule has 1 amide bonds. The fraction of sp³-hybridized carbons (Fsp3) is 0.350. The highest BCUT2D eigenvalue weighted by atomic mass is 16.6. The van der Waals surface area contributed by atoms with Gasteiger partial charge in [0.2, 0.25) is 5.91 Å². The monoisotopic (exact) mass is 366 g/mol. The predicted molar refractivity (Wildman–Crippen MR) is 104 cm³/mol. The van der Waals surface area contributed by atoms with E-state index in [9.17, 15) is 14.9 Å². The largest absolute Gasteiger partial charge is 0.384 e. The van der Waals surface area contributed by atoms with Crippen LogP contribution in [0.2, 0.25) is 0 Å². The van der Waals surface area contributed by atoms with Gasteiger partial charge in [0.25, 0.3) is 5.69 Å². The summed E-state index contributed by atoms with van der Waals surface area (Å²) in [5.41, 5.74) is 4.77. The normalized spacial score (nSPS) is 15.6. The van der Waals surface area contributed by atoms with E-state index in [1.807, 2.05) is 23.1 Å². The van der Waals surface area contributed by atoms with E-state index in [0.29, 0.717) is 25.2 Å². The summed E-state index contributed by atoms with van der Waals surface area (Å²) in [5.74, 6) is 0.210. The van der Waals surface area contributed by atoms with Crippen LogP contribution in [0.5, 0.6) is 0 Å². The molecule has 140 valence electrons. The quantitative estimate of drug-likeness (QED) is 0.605. The third-order valence-electron chi connectivity index (χ3n) is 5.18. The van der Waals surface area contributed by atoms with Gasteiger partial charge in [0.05, 0.1) is 4.92 Å².